The molecule has 1 aromatic rings. The Morgan fingerprint density at radius 3 is 2.41 bits per heavy atom. The van der Waals surface area contributed by atoms with Gasteiger partial charge in [0, 0.05) is 14.2 Å². The quantitative estimate of drug-likeness (QED) is 0.344. The minimum atomic E-state index is -1.27. The average Bonchev–Trinajstić information content (AvgIpc) is 2.91. The van der Waals surface area contributed by atoms with E-state index in [2.05, 4.69) is 17.2 Å². The van der Waals surface area contributed by atoms with Gasteiger partial charge in [-0.2, -0.15) is 0 Å². The van der Waals surface area contributed by atoms with Gasteiger partial charge < -0.3 is 24.8 Å². The van der Waals surface area contributed by atoms with Gasteiger partial charge in [-0.05, 0) is 37.1 Å². The van der Waals surface area contributed by atoms with Crippen LogP contribution in [0.25, 0.3) is 0 Å². The second kappa shape index (κ2) is 9.53. The second-order valence-electron chi connectivity index (χ2n) is 6.92. The summed E-state index contributed by atoms with van der Waals surface area (Å²) in [5.41, 5.74) is 0.196. The summed E-state index contributed by atoms with van der Waals surface area (Å²) in [5, 5.41) is 5.23. The van der Waals surface area contributed by atoms with E-state index in [9.17, 15) is 14.4 Å². The van der Waals surface area contributed by atoms with Crippen molar-refractivity contribution >= 4 is 17.8 Å². The maximum atomic E-state index is 12.9. The topological polar surface area (TPSA) is 106 Å². The van der Waals surface area contributed by atoms with Gasteiger partial charge in [-0.3, -0.25) is 14.5 Å². The highest BCUT2D eigenvalue weighted by Crippen LogP contribution is 2.30. The largest absolute Gasteiger partial charge is 0.489 e. The van der Waals surface area contributed by atoms with Crippen molar-refractivity contribution in [3.63, 3.8) is 0 Å². The normalized spacial score (nSPS) is 18.7. The number of nitrogens with zero attached hydrogens (tertiary/aromatic N) is 1. The number of ether oxygens (including phenoxy) is 3. The Morgan fingerprint density at radius 1 is 1.24 bits per heavy atom. The van der Waals surface area contributed by atoms with Crippen LogP contribution < -0.4 is 15.4 Å². The van der Waals surface area contributed by atoms with E-state index < -0.39 is 36.2 Å². The molecule has 0 radical (unpaired) electrons. The van der Waals surface area contributed by atoms with Crippen molar-refractivity contribution in [3.05, 3.63) is 42.0 Å². The van der Waals surface area contributed by atoms with Crippen LogP contribution in [0.3, 0.4) is 0 Å². The molecule has 0 spiro atoms. The van der Waals surface area contributed by atoms with E-state index in [1.54, 1.807) is 31.2 Å². The minimum absolute atomic E-state index is 0.0956. The monoisotopic (exact) mass is 405 g/mol. The van der Waals surface area contributed by atoms with Gasteiger partial charge in [0.25, 0.3) is 5.91 Å². The van der Waals surface area contributed by atoms with Crippen LogP contribution in [0.5, 0.6) is 5.75 Å². The average molecular weight is 405 g/mol. The number of hydrogen-bond acceptors (Lipinski definition) is 6. The highest BCUT2D eigenvalue weighted by molar-refractivity contribution is 6.09. The van der Waals surface area contributed by atoms with Gasteiger partial charge in [0.15, 0.2) is 6.29 Å². The molecule has 158 valence electrons. The molecule has 0 bridgehead atoms. The highest BCUT2D eigenvalue weighted by atomic mass is 16.7. The maximum Gasteiger partial charge on any atom is 0.325 e. The Hall–Kier alpha value is -2.91. The molecule has 2 N–H and O–H groups in total. The van der Waals surface area contributed by atoms with Gasteiger partial charge in [0.1, 0.15) is 24.4 Å². The lowest BCUT2D eigenvalue weighted by molar-refractivity contribution is -0.136. The zero-order valence-corrected chi connectivity index (χ0v) is 17.1. The van der Waals surface area contributed by atoms with Crippen molar-refractivity contribution in [1.82, 2.24) is 15.5 Å². The Kier molecular flexibility index (Phi) is 7.35. The molecular weight excluding hydrogens is 378 g/mol. The molecule has 0 aromatic heterocycles. The van der Waals surface area contributed by atoms with E-state index in [0.717, 1.165) is 10.5 Å². The van der Waals surface area contributed by atoms with Crippen LogP contribution in [-0.4, -0.2) is 63.0 Å². The number of hydrogen-bond donors (Lipinski definition) is 2. The van der Waals surface area contributed by atoms with Crippen LogP contribution in [0.15, 0.2) is 36.4 Å². The third-order valence-corrected chi connectivity index (χ3v) is 4.49. The summed E-state index contributed by atoms with van der Waals surface area (Å²) in [7, 11) is 2.89. The van der Waals surface area contributed by atoms with E-state index in [1.165, 1.54) is 14.2 Å². The van der Waals surface area contributed by atoms with E-state index in [1.807, 2.05) is 6.92 Å². The molecule has 9 nitrogen and oxygen atoms in total. The molecule has 9 heteroatoms. The lowest BCUT2D eigenvalue weighted by Crippen LogP contribution is -2.44. The molecule has 1 saturated heterocycles. The Labute approximate surface area is 170 Å². The number of imide groups is 1. The lowest BCUT2D eigenvalue weighted by Gasteiger charge is -2.22. The number of carbonyl (C=O) groups excluding carboxylic acids is 3. The molecule has 29 heavy (non-hydrogen) atoms. The van der Waals surface area contributed by atoms with E-state index >= 15 is 0 Å². The van der Waals surface area contributed by atoms with Gasteiger partial charge in [0.2, 0.25) is 5.91 Å². The van der Waals surface area contributed by atoms with Crippen LogP contribution >= 0.6 is 0 Å². The summed E-state index contributed by atoms with van der Waals surface area (Å²) in [5.74, 6) is -0.386. The molecular formula is C20H27N3O6. The van der Waals surface area contributed by atoms with Crippen LogP contribution in [-0.2, 0) is 24.6 Å². The summed E-state index contributed by atoms with van der Waals surface area (Å²) in [6.07, 6.45) is -0.613. The summed E-state index contributed by atoms with van der Waals surface area (Å²) in [4.78, 5) is 38.2. The van der Waals surface area contributed by atoms with Crippen LogP contribution in [0, 0.1) is 0 Å². The molecule has 1 aliphatic heterocycles. The van der Waals surface area contributed by atoms with Crippen LogP contribution in [0.4, 0.5) is 4.79 Å². The molecule has 1 aliphatic rings. The first-order valence-electron chi connectivity index (χ1n) is 9.05. The molecule has 0 aliphatic carbocycles. The van der Waals surface area contributed by atoms with Crippen molar-refractivity contribution < 1.29 is 28.6 Å². The smallest absolute Gasteiger partial charge is 0.325 e. The van der Waals surface area contributed by atoms with E-state index in [0.29, 0.717) is 17.9 Å². The molecule has 1 unspecified atom stereocenters. The highest BCUT2D eigenvalue weighted by Gasteiger charge is 2.49. The fraction of sp³-hybridized carbons (Fsp3) is 0.450. The number of rotatable bonds is 10. The predicted molar refractivity (Wildman–Crippen MR) is 105 cm³/mol. The summed E-state index contributed by atoms with van der Waals surface area (Å²) >= 11 is 0. The van der Waals surface area contributed by atoms with Gasteiger partial charge in [-0.25, -0.2) is 4.79 Å². The fourth-order valence-electron chi connectivity index (χ4n) is 2.79. The molecule has 1 heterocycles. The maximum absolute atomic E-state index is 12.9. The number of amides is 4. The van der Waals surface area contributed by atoms with Crippen LogP contribution in [0.2, 0.25) is 0 Å². The summed E-state index contributed by atoms with van der Waals surface area (Å²) in [6, 6.07) is 6.21. The molecule has 0 saturated carbocycles. The Balaban J connectivity index is 2.04. The number of carbonyl (C=O) groups is 3. The molecule has 1 aromatic carbocycles. The standard InChI is InChI=1S/C20H27N3O6/c1-13(2)12-29-15-8-6-14(7-9-15)20(3)18(25)23(19(26)22-20)11-16(24)21-10-17(27-4)28-5/h6-9,17H,1,10-12H2,2-5H3,(H,21,24)(H,22,26). The van der Waals surface area contributed by atoms with Gasteiger partial charge >= 0.3 is 6.03 Å². The Bertz CT molecular complexity index is 775. The SMILES string of the molecule is C=C(C)COc1ccc(C2(C)NC(=O)N(CC(=O)NCC(OC)OC)C2=O)cc1. The number of benzene rings is 1. The summed E-state index contributed by atoms with van der Waals surface area (Å²) in [6.45, 7) is 7.32. The summed E-state index contributed by atoms with van der Waals surface area (Å²) < 4.78 is 15.5. The number of methoxy groups -OCH3 is 2. The molecule has 4 amide bonds. The zero-order chi connectivity index (χ0) is 21.6. The van der Waals surface area contributed by atoms with Crippen molar-refractivity contribution in [2.45, 2.75) is 25.7 Å². The van der Waals surface area contributed by atoms with Gasteiger partial charge in [-0.15, -0.1) is 0 Å². The van der Waals surface area contributed by atoms with E-state index in [-0.39, 0.29) is 6.54 Å². The first kappa shape index (κ1) is 22.4. The minimum Gasteiger partial charge on any atom is -0.489 e. The Morgan fingerprint density at radius 2 is 1.86 bits per heavy atom. The molecule has 2 rings (SSSR count). The first-order chi connectivity index (χ1) is 13.7. The molecule has 1 fully saturated rings. The third-order valence-electron chi connectivity index (χ3n) is 4.49. The number of urea groups is 1. The fourth-order valence-corrected chi connectivity index (χ4v) is 2.79. The third kappa shape index (κ3) is 5.33. The van der Waals surface area contributed by atoms with Crippen molar-refractivity contribution in [3.8, 4) is 5.75 Å². The van der Waals surface area contributed by atoms with Crippen molar-refractivity contribution in [2.24, 2.45) is 0 Å². The van der Waals surface area contributed by atoms with Gasteiger partial charge in [-0.1, -0.05) is 18.7 Å². The van der Waals surface area contributed by atoms with E-state index in [4.69, 9.17) is 14.2 Å². The molecule has 1 atom stereocenters. The van der Waals surface area contributed by atoms with Crippen LogP contribution in [0.1, 0.15) is 19.4 Å². The zero-order valence-electron chi connectivity index (χ0n) is 17.1. The lowest BCUT2D eigenvalue weighted by atomic mass is 9.92. The second-order valence-corrected chi connectivity index (χ2v) is 6.92. The number of nitrogens with one attached hydrogen (secondary N) is 2. The van der Waals surface area contributed by atoms with Crippen molar-refractivity contribution in [1.29, 1.82) is 0 Å². The predicted octanol–water partition coefficient (Wildman–Crippen LogP) is 1.14. The first-order valence-corrected chi connectivity index (χ1v) is 9.05. The van der Waals surface area contributed by atoms with Gasteiger partial charge in [0.05, 0.1) is 6.54 Å². The van der Waals surface area contributed by atoms with Crippen molar-refractivity contribution in [2.75, 3.05) is 33.9 Å².